The molecule has 0 aromatic heterocycles. The largest absolute Gasteiger partial charge is 0.493 e. The van der Waals surface area contributed by atoms with E-state index >= 15 is 0 Å². The van der Waals surface area contributed by atoms with Crippen molar-refractivity contribution in [3.8, 4) is 5.75 Å². The molecule has 0 unspecified atom stereocenters. The number of ether oxygens (including phenoxy) is 2. The molecule has 98 valence electrons. The molecule has 18 heavy (non-hydrogen) atoms. The summed E-state index contributed by atoms with van der Waals surface area (Å²) in [7, 11) is 1.52. The Morgan fingerprint density at radius 2 is 2.39 bits per heavy atom. The van der Waals surface area contributed by atoms with Crippen LogP contribution in [0.25, 0.3) is 0 Å². The second kappa shape index (κ2) is 5.87. The quantitative estimate of drug-likeness (QED) is 0.856. The average molecular weight is 249 g/mol. The summed E-state index contributed by atoms with van der Waals surface area (Å²) < 4.78 is 10.3. The number of amides is 1. The predicted molar refractivity (Wildman–Crippen MR) is 68.8 cm³/mol. The molecule has 1 N–H and O–H groups in total. The summed E-state index contributed by atoms with van der Waals surface area (Å²) >= 11 is 0. The Morgan fingerprint density at radius 3 is 3.17 bits per heavy atom. The number of fused-ring (bicyclic) bond motifs is 1. The van der Waals surface area contributed by atoms with Gasteiger partial charge in [0, 0.05) is 19.6 Å². The fourth-order valence-electron chi connectivity index (χ4n) is 2.22. The Balaban J connectivity index is 1.91. The van der Waals surface area contributed by atoms with E-state index in [0.717, 1.165) is 25.2 Å². The van der Waals surface area contributed by atoms with Crippen molar-refractivity contribution >= 4 is 5.91 Å². The van der Waals surface area contributed by atoms with Crippen LogP contribution in [0.4, 0.5) is 0 Å². The third kappa shape index (κ3) is 3.23. The van der Waals surface area contributed by atoms with Gasteiger partial charge in [-0.25, -0.2) is 0 Å². The molecular formula is C14H19NO3. The number of benzene rings is 1. The molecule has 0 bridgehead atoms. The third-order valence-corrected chi connectivity index (χ3v) is 2.98. The van der Waals surface area contributed by atoms with Gasteiger partial charge in [-0.3, -0.25) is 4.79 Å². The van der Waals surface area contributed by atoms with Crippen molar-refractivity contribution in [2.45, 2.75) is 25.8 Å². The van der Waals surface area contributed by atoms with Gasteiger partial charge in [0.1, 0.15) is 12.4 Å². The molecule has 1 aliphatic rings. The third-order valence-electron chi connectivity index (χ3n) is 2.98. The van der Waals surface area contributed by atoms with Gasteiger partial charge in [-0.05, 0) is 30.5 Å². The zero-order valence-electron chi connectivity index (χ0n) is 10.9. The maximum Gasteiger partial charge on any atom is 0.246 e. The van der Waals surface area contributed by atoms with E-state index in [1.807, 2.05) is 13.0 Å². The van der Waals surface area contributed by atoms with E-state index < -0.39 is 0 Å². The molecular weight excluding hydrogens is 230 g/mol. The Bertz CT molecular complexity index is 431. The van der Waals surface area contributed by atoms with Gasteiger partial charge < -0.3 is 14.8 Å². The standard InChI is InChI=1S/C14H19NO3/c1-10(15-14(16)9-17-2)7-11-3-4-13-12(8-11)5-6-18-13/h3-4,8,10H,5-7,9H2,1-2H3,(H,15,16)/t10-/m0/s1. The van der Waals surface area contributed by atoms with Crippen LogP contribution in [-0.4, -0.2) is 32.3 Å². The highest BCUT2D eigenvalue weighted by Gasteiger charge is 2.13. The number of methoxy groups -OCH3 is 1. The highest BCUT2D eigenvalue weighted by Crippen LogP contribution is 2.26. The monoisotopic (exact) mass is 249 g/mol. The number of nitrogens with one attached hydrogen (secondary N) is 1. The van der Waals surface area contributed by atoms with Crippen LogP contribution in [0.5, 0.6) is 5.75 Å². The van der Waals surface area contributed by atoms with Gasteiger partial charge >= 0.3 is 0 Å². The predicted octanol–water partition coefficient (Wildman–Crippen LogP) is 1.32. The summed E-state index contributed by atoms with van der Waals surface area (Å²) in [5, 5.41) is 2.90. The number of carbonyl (C=O) groups excluding carboxylic acids is 1. The van der Waals surface area contributed by atoms with E-state index in [-0.39, 0.29) is 18.6 Å². The second-order valence-corrected chi connectivity index (χ2v) is 4.65. The lowest BCUT2D eigenvalue weighted by Gasteiger charge is -2.14. The molecule has 1 heterocycles. The van der Waals surface area contributed by atoms with Crippen LogP contribution in [0.15, 0.2) is 18.2 Å². The first-order valence-electron chi connectivity index (χ1n) is 6.22. The van der Waals surface area contributed by atoms with Gasteiger partial charge in [-0.15, -0.1) is 0 Å². The number of carbonyl (C=O) groups is 1. The molecule has 0 fully saturated rings. The second-order valence-electron chi connectivity index (χ2n) is 4.65. The van der Waals surface area contributed by atoms with E-state index in [2.05, 4.69) is 17.4 Å². The van der Waals surface area contributed by atoms with Crippen LogP contribution < -0.4 is 10.1 Å². The molecule has 1 aromatic rings. The van der Waals surface area contributed by atoms with Crippen molar-refractivity contribution in [1.29, 1.82) is 0 Å². The van der Waals surface area contributed by atoms with Gasteiger partial charge in [0.15, 0.2) is 0 Å². The zero-order valence-corrected chi connectivity index (χ0v) is 10.9. The first kappa shape index (κ1) is 12.9. The summed E-state index contributed by atoms with van der Waals surface area (Å²) in [5.74, 6) is 0.921. The summed E-state index contributed by atoms with van der Waals surface area (Å²) in [6.07, 6.45) is 1.80. The molecule has 0 saturated carbocycles. The normalized spacial score (nSPS) is 14.8. The molecule has 1 aliphatic heterocycles. The van der Waals surface area contributed by atoms with Crippen LogP contribution >= 0.6 is 0 Å². The summed E-state index contributed by atoms with van der Waals surface area (Å²) in [6, 6.07) is 6.35. The minimum Gasteiger partial charge on any atom is -0.493 e. The van der Waals surface area contributed by atoms with E-state index in [9.17, 15) is 4.79 Å². The van der Waals surface area contributed by atoms with Crippen LogP contribution in [0.3, 0.4) is 0 Å². The highest BCUT2D eigenvalue weighted by atomic mass is 16.5. The number of rotatable bonds is 5. The minimum absolute atomic E-state index is 0.0745. The van der Waals surface area contributed by atoms with Crippen LogP contribution in [-0.2, 0) is 22.4 Å². The van der Waals surface area contributed by atoms with Gasteiger partial charge in [0.25, 0.3) is 0 Å². The van der Waals surface area contributed by atoms with E-state index in [1.165, 1.54) is 18.2 Å². The maximum atomic E-state index is 11.4. The molecule has 0 radical (unpaired) electrons. The summed E-state index contributed by atoms with van der Waals surface area (Å²) in [4.78, 5) is 11.4. The lowest BCUT2D eigenvalue weighted by molar-refractivity contribution is -0.125. The molecule has 0 saturated heterocycles. The zero-order chi connectivity index (χ0) is 13.0. The molecule has 4 heteroatoms. The van der Waals surface area contributed by atoms with Crippen molar-refractivity contribution in [1.82, 2.24) is 5.32 Å². The Kier molecular flexibility index (Phi) is 4.20. The Morgan fingerprint density at radius 1 is 1.56 bits per heavy atom. The van der Waals surface area contributed by atoms with Gasteiger partial charge in [0.2, 0.25) is 5.91 Å². The molecule has 0 spiro atoms. The van der Waals surface area contributed by atoms with Crippen molar-refractivity contribution in [2.24, 2.45) is 0 Å². The van der Waals surface area contributed by atoms with E-state index in [1.54, 1.807) is 0 Å². The summed E-state index contributed by atoms with van der Waals surface area (Å²) in [6.45, 7) is 2.89. The fourth-order valence-corrected chi connectivity index (χ4v) is 2.22. The highest BCUT2D eigenvalue weighted by molar-refractivity contribution is 5.77. The first-order valence-corrected chi connectivity index (χ1v) is 6.22. The van der Waals surface area contributed by atoms with Crippen molar-refractivity contribution < 1.29 is 14.3 Å². The van der Waals surface area contributed by atoms with Crippen molar-refractivity contribution in [3.05, 3.63) is 29.3 Å². The molecule has 1 aromatic carbocycles. The van der Waals surface area contributed by atoms with Gasteiger partial charge in [-0.1, -0.05) is 12.1 Å². The maximum absolute atomic E-state index is 11.4. The minimum atomic E-state index is -0.0745. The molecule has 1 atom stereocenters. The summed E-state index contributed by atoms with van der Waals surface area (Å²) in [5.41, 5.74) is 2.49. The lowest BCUT2D eigenvalue weighted by Crippen LogP contribution is -2.36. The Hall–Kier alpha value is -1.55. The van der Waals surface area contributed by atoms with Crippen LogP contribution in [0.1, 0.15) is 18.1 Å². The SMILES string of the molecule is COCC(=O)N[C@@H](C)Cc1ccc2c(c1)CCO2. The van der Waals surface area contributed by atoms with Crippen LogP contribution in [0.2, 0.25) is 0 Å². The lowest BCUT2D eigenvalue weighted by atomic mass is 10.0. The fraction of sp³-hybridized carbons (Fsp3) is 0.500. The first-order chi connectivity index (χ1) is 8.69. The Labute approximate surface area is 107 Å². The smallest absolute Gasteiger partial charge is 0.246 e. The topological polar surface area (TPSA) is 47.6 Å². The average Bonchev–Trinajstić information content (AvgIpc) is 2.76. The molecule has 1 amide bonds. The van der Waals surface area contributed by atoms with Crippen molar-refractivity contribution in [2.75, 3.05) is 20.3 Å². The van der Waals surface area contributed by atoms with E-state index in [4.69, 9.17) is 9.47 Å². The molecule has 4 nitrogen and oxygen atoms in total. The number of hydrogen-bond acceptors (Lipinski definition) is 3. The van der Waals surface area contributed by atoms with E-state index in [0.29, 0.717) is 0 Å². The van der Waals surface area contributed by atoms with Gasteiger partial charge in [0.05, 0.1) is 6.61 Å². The molecule has 0 aliphatic carbocycles. The number of hydrogen-bond donors (Lipinski definition) is 1. The van der Waals surface area contributed by atoms with Crippen molar-refractivity contribution in [3.63, 3.8) is 0 Å². The van der Waals surface area contributed by atoms with Gasteiger partial charge in [-0.2, -0.15) is 0 Å². The van der Waals surface area contributed by atoms with Crippen LogP contribution in [0, 0.1) is 0 Å². The molecule has 2 rings (SSSR count).